The molecule has 0 fully saturated rings. The highest BCUT2D eigenvalue weighted by molar-refractivity contribution is 7.80. The molecule has 0 unspecified atom stereocenters. The number of hydrogen-bond donors (Lipinski definition) is 1. The molecule has 2 aromatic rings. The maximum Gasteiger partial charge on any atom is 0.358 e. The molecule has 7 heteroatoms. The number of esters is 1. The third-order valence-corrected chi connectivity index (χ3v) is 3.02. The average Bonchev–Trinajstić information content (AvgIpc) is 2.91. The number of hydrogen-bond acceptors (Lipinski definition) is 4. The Balaban J connectivity index is 2.11. The van der Waals surface area contributed by atoms with E-state index >= 15 is 0 Å². The van der Waals surface area contributed by atoms with Gasteiger partial charge in [-0.15, -0.1) is 0 Å². The van der Waals surface area contributed by atoms with Crippen LogP contribution >= 0.6 is 23.8 Å². The molecule has 0 saturated heterocycles. The average molecular weight is 310 g/mol. The molecule has 0 atom stereocenters. The number of benzene rings is 1. The standard InChI is InChI=1S/C13H12ClN3O2S/c1-2-19-12(18)11-7-8-17(16-11)13(20)15-10-6-4-3-5-9(10)14/h3-8H,2H2,1H3,(H,15,20). The molecular weight excluding hydrogens is 298 g/mol. The van der Waals surface area contributed by atoms with Gasteiger partial charge in [0.15, 0.2) is 10.8 Å². The summed E-state index contributed by atoms with van der Waals surface area (Å²) in [4.78, 5) is 11.5. The number of carbonyl (C=O) groups is 1. The van der Waals surface area contributed by atoms with Crippen LogP contribution in [0.5, 0.6) is 0 Å². The third-order valence-electron chi connectivity index (χ3n) is 2.40. The second-order valence-electron chi connectivity index (χ2n) is 3.78. The quantitative estimate of drug-likeness (QED) is 0.698. The molecule has 0 bridgehead atoms. The number of rotatable bonds is 3. The summed E-state index contributed by atoms with van der Waals surface area (Å²) >= 11 is 11.2. The zero-order valence-electron chi connectivity index (χ0n) is 10.7. The highest BCUT2D eigenvalue weighted by Crippen LogP contribution is 2.20. The fourth-order valence-corrected chi connectivity index (χ4v) is 1.88. The first-order valence-electron chi connectivity index (χ1n) is 5.90. The van der Waals surface area contributed by atoms with Gasteiger partial charge >= 0.3 is 5.97 Å². The number of nitrogens with zero attached hydrogens (tertiary/aromatic N) is 2. The molecule has 1 N–H and O–H groups in total. The first-order chi connectivity index (χ1) is 9.61. The predicted octanol–water partition coefficient (Wildman–Crippen LogP) is 2.96. The van der Waals surface area contributed by atoms with Crippen molar-refractivity contribution in [2.75, 3.05) is 11.9 Å². The van der Waals surface area contributed by atoms with Crippen molar-refractivity contribution < 1.29 is 9.53 Å². The van der Waals surface area contributed by atoms with Gasteiger partial charge in [-0.1, -0.05) is 23.7 Å². The first-order valence-corrected chi connectivity index (χ1v) is 6.69. The van der Waals surface area contributed by atoms with E-state index in [0.717, 1.165) is 0 Å². The van der Waals surface area contributed by atoms with E-state index in [4.69, 9.17) is 28.6 Å². The van der Waals surface area contributed by atoms with Crippen molar-refractivity contribution in [3.05, 3.63) is 47.2 Å². The number of thiocarbonyl (C=S) groups is 1. The summed E-state index contributed by atoms with van der Waals surface area (Å²) in [5, 5.41) is 7.87. The van der Waals surface area contributed by atoms with Crippen molar-refractivity contribution in [2.45, 2.75) is 6.92 Å². The lowest BCUT2D eigenvalue weighted by atomic mass is 10.3. The normalized spacial score (nSPS) is 10.1. The molecule has 0 radical (unpaired) electrons. The number of halogens is 1. The van der Waals surface area contributed by atoms with Gasteiger partial charge in [-0.25, -0.2) is 9.48 Å². The predicted molar refractivity (Wildman–Crippen MR) is 81.3 cm³/mol. The van der Waals surface area contributed by atoms with Crippen LogP contribution in [0.15, 0.2) is 36.5 Å². The fraction of sp³-hybridized carbons (Fsp3) is 0.154. The summed E-state index contributed by atoms with van der Waals surface area (Å²) in [7, 11) is 0. The molecular formula is C13H12ClN3O2S. The lowest BCUT2D eigenvalue weighted by Gasteiger charge is -2.08. The molecule has 0 aliphatic heterocycles. The zero-order chi connectivity index (χ0) is 14.5. The highest BCUT2D eigenvalue weighted by atomic mass is 35.5. The number of aromatic nitrogens is 2. The Morgan fingerprint density at radius 3 is 2.90 bits per heavy atom. The molecule has 0 amide bonds. The number of carbonyl (C=O) groups excluding carboxylic acids is 1. The van der Waals surface area contributed by atoms with Crippen LogP contribution in [0.1, 0.15) is 17.4 Å². The molecule has 1 heterocycles. The van der Waals surface area contributed by atoms with Gasteiger partial charge in [0.2, 0.25) is 0 Å². The monoisotopic (exact) mass is 309 g/mol. The lowest BCUT2D eigenvalue weighted by molar-refractivity contribution is 0.0519. The maximum absolute atomic E-state index is 11.5. The van der Waals surface area contributed by atoms with Gasteiger partial charge in [0.25, 0.3) is 0 Å². The molecule has 20 heavy (non-hydrogen) atoms. The second kappa shape index (κ2) is 6.49. The van der Waals surface area contributed by atoms with Crippen molar-refractivity contribution in [2.24, 2.45) is 0 Å². The minimum Gasteiger partial charge on any atom is -0.461 e. The largest absolute Gasteiger partial charge is 0.461 e. The number of ether oxygens (including phenoxy) is 1. The summed E-state index contributed by atoms with van der Waals surface area (Å²) in [6, 6.07) is 8.75. The Morgan fingerprint density at radius 2 is 2.20 bits per heavy atom. The summed E-state index contributed by atoms with van der Waals surface area (Å²) in [6.45, 7) is 2.03. The summed E-state index contributed by atoms with van der Waals surface area (Å²) < 4.78 is 6.24. The second-order valence-corrected chi connectivity index (χ2v) is 4.57. The minimum absolute atomic E-state index is 0.204. The van der Waals surface area contributed by atoms with Crippen molar-refractivity contribution >= 4 is 40.6 Å². The minimum atomic E-state index is -0.480. The van der Waals surface area contributed by atoms with E-state index in [1.807, 2.05) is 12.1 Å². The first kappa shape index (κ1) is 14.5. The summed E-state index contributed by atoms with van der Waals surface area (Å²) in [5.41, 5.74) is 0.877. The van der Waals surface area contributed by atoms with Gasteiger partial charge in [-0.05, 0) is 37.3 Å². The highest BCUT2D eigenvalue weighted by Gasteiger charge is 2.12. The Kier molecular flexibility index (Phi) is 4.70. The Labute approximate surface area is 126 Å². The Hall–Kier alpha value is -1.92. The van der Waals surface area contributed by atoms with Crippen molar-refractivity contribution in [1.29, 1.82) is 0 Å². The smallest absolute Gasteiger partial charge is 0.358 e. The van der Waals surface area contributed by atoms with E-state index in [1.165, 1.54) is 4.68 Å². The van der Waals surface area contributed by atoms with Crippen LogP contribution in [0.4, 0.5) is 5.69 Å². The molecule has 1 aromatic carbocycles. The topological polar surface area (TPSA) is 56.1 Å². The van der Waals surface area contributed by atoms with Gasteiger partial charge in [0.1, 0.15) is 0 Å². The Bertz CT molecular complexity index is 642. The van der Waals surface area contributed by atoms with Crippen LogP contribution in [-0.4, -0.2) is 27.5 Å². The molecule has 2 rings (SSSR count). The number of anilines is 1. The van der Waals surface area contributed by atoms with Crippen LogP contribution in [-0.2, 0) is 4.74 Å². The lowest BCUT2D eigenvalue weighted by Crippen LogP contribution is -2.20. The van der Waals surface area contributed by atoms with E-state index in [1.54, 1.807) is 31.3 Å². The van der Waals surface area contributed by atoms with Crippen LogP contribution in [0.3, 0.4) is 0 Å². The molecule has 104 valence electrons. The molecule has 0 aliphatic rings. The molecule has 0 saturated carbocycles. The van der Waals surface area contributed by atoms with Crippen molar-refractivity contribution in [3.8, 4) is 0 Å². The van der Waals surface area contributed by atoms with Gasteiger partial charge in [0.05, 0.1) is 17.3 Å². The molecule has 1 aromatic heterocycles. The van der Waals surface area contributed by atoms with Gasteiger partial charge in [-0.3, -0.25) is 0 Å². The SMILES string of the molecule is CCOC(=O)c1ccn(C(=S)Nc2ccccc2Cl)n1. The van der Waals surface area contributed by atoms with Crippen LogP contribution in [0.2, 0.25) is 5.02 Å². The van der Waals surface area contributed by atoms with Crippen LogP contribution in [0.25, 0.3) is 0 Å². The van der Waals surface area contributed by atoms with Gasteiger partial charge < -0.3 is 10.1 Å². The van der Waals surface area contributed by atoms with Crippen molar-refractivity contribution in [1.82, 2.24) is 9.78 Å². The zero-order valence-corrected chi connectivity index (χ0v) is 12.2. The molecule has 0 spiro atoms. The van der Waals surface area contributed by atoms with Crippen LogP contribution in [0, 0.1) is 0 Å². The van der Waals surface area contributed by atoms with Gasteiger partial charge in [0, 0.05) is 6.20 Å². The van der Waals surface area contributed by atoms with E-state index in [0.29, 0.717) is 22.4 Å². The summed E-state index contributed by atoms with van der Waals surface area (Å²) in [6.07, 6.45) is 1.58. The number of para-hydroxylation sites is 1. The van der Waals surface area contributed by atoms with Gasteiger partial charge in [-0.2, -0.15) is 5.10 Å². The Morgan fingerprint density at radius 1 is 1.45 bits per heavy atom. The van der Waals surface area contributed by atoms with E-state index in [2.05, 4.69) is 10.4 Å². The summed E-state index contributed by atoms with van der Waals surface area (Å²) in [5.74, 6) is -0.480. The third kappa shape index (κ3) is 3.34. The van der Waals surface area contributed by atoms with Crippen molar-refractivity contribution in [3.63, 3.8) is 0 Å². The molecule has 5 nitrogen and oxygen atoms in total. The van der Waals surface area contributed by atoms with E-state index in [-0.39, 0.29) is 5.69 Å². The van der Waals surface area contributed by atoms with Crippen LogP contribution < -0.4 is 5.32 Å². The van der Waals surface area contributed by atoms with E-state index < -0.39 is 5.97 Å². The molecule has 0 aliphatic carbocycles. The maximum atomic E-state index is 11.5. The van der Waals surface area contributed by atoms with E-state index in [9.17, 15) is 4.79 Å². The number of nitrogens with one attached hydrogen (secondary N) is 1. The fourth-order valence-electron chi connectivity index (χ4n) is 1.49.